The van der Waals surface area contributed by atoms with Crippen LogP contribution in [0.2, 0.25) is 0 Å². The summed E-state index contributed by atoms with van der Waals surface area (Å²) in [5.41, 5.74) is 8.25. The minimum Gasteiger partial charge on any atom is -0.397 e. The summed E-state index contributed by atoms with van der Waals surface area (Å²) in [6.07, 6.45) is 5.08. The number of nitrogen functional groups attached to an aromatic ring is 1. The van der Waals surface area contributed by atoms with Crippen molar-refractivity contribution in [3.8, 4) is 0 Å². The summed E-state index contributed by atoms with van der Waals surface area (Å²) in [4.78, 5) is 8.31. The van der Waals surface area contributed by atoms with Crippen LogP contribution in [0, 0.1) is 6.92 Å². The Kier molecular flexibility index (Phi) is 3.63. The van der Waals surface area contributed by atoms with E-state index in [0.717, 1.165) is 26.0 Å². The Labute approximate surface area is 116 Å². The number of nitrogens with one attached hydrogen (secondary N) is 1. The van der Waals surface area contributed by atoms with Gasteiger partial charge >= 0.3 is 0 Å². The van der Waals surface area contributed by atoms with Crippen LogP contribution in [0.4, 0.5) is 17.2 Å². The van der Waals surface area contributed by atoms with Gasteiger partial charge in [-0.1, -0.05) is 0 Å². The SMILES string of the molecule is Cc1c(N)cnc(Nc2cncc(Br)c2)c1Br. The van der Waals surface area contributed by atoms with Gasteiger partial charge in [0.25, 0.3) is 0 Å². The van der Waals surface area contributed by atoms with Crippen LogP contribution in [0.5, 0.6) is 0 Å². The summed E-state index contributed by atoms with van der Waals surface area (Å²) in [5.74, 6) is 0.719. The quantitative estimate of drug-likeness (QED) is 0.861. The smallest absolute Gasteiger partial charge is 0.145 e. The normalized spacial score (nSPS) is 10.3. The molecule has 0 spiro atoms. The average Bonchev–Trinajstić information content (AvgIpc) is 2.30. The van der Waals surface area contributed by atoms with Crippen LogP contribution in [0.25, 0.3) is 0 Å². The number of nitrogens with two attached hydrogens (primary N) is 1. The van der Waals surface area contributed by atoms with Crippen LogP contribution in [-0.2, 0) is 0 Å². The Bertz CT molecular complexity index is 557. The maximum Gasteiger partial charge on any atom is 0.145 e. The van der Waals surface area contributed by atoms with Crippen LogP contribution in [0.15, 0.2) is 33.6 Å². The molecule has 0 radical (unpaired) electrons. The Morgan fingerprint density at radius 2 is 2.00 bits per heavy atom. The van der Waals surface area contributed by atoms with Crippen molar-refractivity contribution in [1.29, 1.82) is 0 Å². The number of anilines is 3. The van der Waals surface area contributed by atoms with Crippen molar-refractivity contribution in [3.05, 3.63) is 39.2 Å². The van der Waals surface area contributed by atoms with E-state index in [4.69, 9.17) is 5.73 Å². The van der Waals surface area contributed by atoms with Gasteiger partial charge in [-0.25, -0.2) is 4.98 Å². The second-order valence-corrected chi connectivity index (χ2v) is 5.23. The zero-order valence-corrected chi connectivity index (χ0v) is 12.2. The monoisotopic (exact) mass is 356 g/mol. The summed E-state index contributed by atoms with van der Waals surface area (Å²) in [5, 5.41) is 3.18. The van der Waals surface area contributed by atoms with Gasteiger partial charge in [-0.3, -0.25) is 4.98 Å². The maximum absolute atomic E-state index is 5.77. The number of nitrogens with zero attached hydrogens (tertiary/aromatic N) is 2. The van der Waals surface area contributed by atoms with Crippen LogP contribution in [0.3, 0.4) is 0 Å². The molecule has 2 rings (SSSR count). The molecule has 0 fully saturated rings. The highest BCUT2D eigenvalue weighted by Crippen LogP contribution is 2.30. The first kappa shape index (κ1) is 12.3. The summed E-state index contributed by atoms with van der Waals surface area (Å²) in [6.45, 7) is 1.94. The lowest BCUT2D eigenvalue weighted by Crippen LogP contribution is -1.99. The minimum atomic E-state index is 0.662. The van der Waals surface area contributed by atoms with Gasteiger partial charge in [0.15, 0.2) is 0 Å². The second kappa shape index (κ2) is 5.01. The Balaban J connectivity index is 2.34. The van der Waals surface area contributed by atoms with Gasteiger partial charge in [0, 0.05) is 10.7 Å². The molecule has 0 aromatic carbocycles. The van der Waals surface area contributed by atoms with Crippen LogP contribution in [0.1, 0.15) is 5.56 Å². The molecule has 0 bridgehead atoms. The molecule has 0 aliphatic carbocycles. The van der Waals surface area contributed by atoms with Crippen molar-refractivity contribution >= 4 is 49.1 Å². The highest BCUT2D eigenvalue weighted by molar-refractivity contribution is 9.11. The van der Waals surface area contributed by atoms with Gasteiger partial charge in [-0.2, -0.15) is 0 Å². The van der Waals surface area contributed by atoms with E-state index in [9.17, 15) is 0 Å². The molecule has 0 atom stereocenters. The summed E-state index contributed by atoms with van der Waals surface area (Å²) in [6, 6.07) is 1.92. The van der Waals surface area contributed by atoms with Gasteiger partial charge in [-0.05, 0) is 50.4 Å². The van der Waals surface area contributed by atoms with Gasteiger partial charge in [0.2, 0.25) is 0 Å². The fourth-order valence-corrected chi connectivity index (χ4v) is 2.09. The lowest BCUT2D eigenvalue weighted by atomic mass is 10.2. The predicted octanol–water partition coefficient (Wildman–Crippen LogP) is 3.64. The number of hydrogen-bond donors (Lipinski definition) is 2. The lowest BCUT2D eigenvalue weighted by Gasteiger charge is -2.10. The van der Waals surface area contributed by atoms with Crippen molar-refractivity contribution in [3.63, 3.8) is 0 Å². The third-order valence-electron chi connectivity index (χ3n) is 2.27. The average molecular weight is 358 g/mol. The molecule has 0 saturated heterocycles. The molecular weight excluding hydrogens is 348 g/mol. The van der Waals surface area contributed by atoms with Gasteiger partial charge in [0.05, 0.1) is 28.2 Å². The fraction of sp³-hybridized carbons (Fsp3) is 0.0909. The lowest BCUT2D eigenvalue weighted by molar-refractivity contribution is 1.24. The largest absolute Gasteiger partial charge is 0.397 e. The molecular formula is C11H10Br2N4. The molecule has 0 amide bonds. The van der Waals surface area contributed by atoms with E-state index in [1.54, 1.807) is 18.6 Å². The maximum atomic E-state index is 5.77. The van der Waals surface area contributed by atoms with E-state index in [0.29, 0.717) is 5.69 Å². The number of hydrogen-bond acceptors (Lipinski definition) is 4. The minimum absolute atomic E-state index is 0.662. The summed E-state index contributed by atoms with van der Waals surface area (Å²) < 4.78 is 1.77. The van der Waals surface area contributed by atoms with E-state index < -0.39 is 0 Å². The van der Waals surface area contributed by atoms with E-state index in [1.165, 1.54) is 0 Å². The van der Waals surface area contributed by atoms with E-state index >= 15 is 0 Å². The van der Waals surface area contributed by atoms with Crippen molar-refractivity contribution in [2.75, 3.05) is 11.1 Å². The third-order valence-corrected chi connectivity index (χ3v) is 3.67. The Hall–Kier alpha value is -1.14. The van der Waals surface area contributed by atoms with Gasteiger partial charge in [-0.15, -0.1) is 0 Å². The molecule has 0 unspecified atom stereocenters. The molecule has 6 heteroatoms. The van der Waals surface area contributed by atoms with E-state index in [-0.39, 0.29) is 0 Å². The second-order valence-electron chi connectivity index (χ2n) is 3.52. The van der Waals surface area contributed by atoms with Crippen molar-refractivity contribution < 1.29 is 0 Å². The van der Waals surface area contributed by atoms with E-state index in [1.807, 2.05) is 13.0 Å². The predicted molar refractivity (Wildman–Crippen MR) is 76.3 cm³/mol. The van der Waals surface area contributed by atoms with Crippen LogP contribution >= 0.6 is 31.9 Å². The molecule has 88 valence electrons. The van der Waals surface area contributed by atoms with E-state index in [2.05, 4.69) is 47.1 Å². The number of aromatic nitrogens is 2. The third kappa shape index (κ3) is 2.76. The first-order valence-corrected chi connectivity index (χ1v) is 6.44. The topological polar surface area (TPSA) is 63.8 Å². The number of halogens is 2. The van der Waals surface area contributed by atoms with Crippen molar-refractivity contribution in [2.45, 2.75) is 6.92 Å². The molecule has 0 saturated carbocycles. The first-order chi connectivity index (χ1) is 8.08. The summed E-state index contributed by atoms with van der Waals surface area (Å²) in [7, 11) is 0. The van der Waals surface area contributed by atoms with Crippen LogP contribution in [-0.4, -0.2) is 9.97 Å². The van der Waals surface area contributed by atoms with Gasteiger partial charge in [0.1, 0.15) is 5.82 Å². The zero-order valence-electron chi connectivity index (χ0n) is 9.04. The molecule has 4 nitrogen and oxygen atoms in total. The fourth-order valence-electron chi connectivity index (χ4n) is 1.30. The number of rotatable bonds is 2. The van der Waals surface area contributed by atoms with Crippen LogP contribution < -0.4 is 11.1 Å². The molecule has 2 aromatic heterocycles. The Morgan fingerprint density at radius 3 is 2.71 bits per heavy atom. The molecule has 2 aromatic rings. The van der Waals surface area contributed by atoms with Gasteiger partial charge < -0.3 is 11.1 Å². The molecule has 0 aliphatic heterocycles. The Morgan fingerprint density at radius 1 is 1.24 bits per heavy atom. The zero-order chi connectivity index (χ0) is 12.4. The molecule has 3 N–H and O–H groups in total. The molecule has 2 heterocycles. The highest BCUT2D eigenvalue weighted by atomic mass is 79.9. The molecule has 17 heavy (non-hydrogen) atoms. The molecule has 0 aliphatic rings. The van der Waals surface area contributed by atoms with Crippen molar-refractivity contribution in [1.82, 2.24) is 9.97 Å². The summed E-state index contributed by atoms with van der Waals surface area (Å²) >= 11 is 6.84. The van der Waals surface area contributed by atoms with Crippen molar-refractivity contribution in [2.24, 2.45) is 0 Å². The highest BCUT2D eigenvalue weighted by Gasteiger charge is 2.07. The first-order valence-electron chi connectivity index (χ1n) is 4.86. The standard InChI is InChI=1S/C11H10Br2N4/c1-6-9(14)5-16-11(10(6)13)17-8-2-7(12)3-15-4-8/h2-5H,14H2,1H3,(H,16,17). The number of pyridine rings is 2.